The molecule has 0 unspecified atom stereocenters. The average molecular weight is 517 g/mol. The van der Waals surface area contributed by atoms with Gasteiger partial charge in [0.05, 0.1) is 32.2 Å². The second kappa shape index (κ2) is 9.45. The highest BCUT2D eigenvalue weighted by Crippen LogP contribution is 2.33. The van der Waals surface area contributed by atoms with Crippen molar-refractivity contribution in [2.45, 2.75) is 31.8 Å². The van der Waals surface area contributed by atoms with E-state index in [0.29, 0.717) is 63.6 Å². The van der Waals surface area contributed by atoms with Crippen molar-refractivity contribution in [3.05, 3.63) is 63.6 Å². The van der Waals surface area contributed by atoms with Crippen LogP contribution in [0.5, 0.6) is 6.01 Å². The maximum Gasteiger partial charge on any atom is 0.306 e. The molecule has 0 aliphatic heterocycles. The molecule has 9 heteroatoms. The van der Waals surface area contributed by atoms with Crippen molar-refractivity contribution < 1.29 is 14.6 Å². The lowest BCUT2D eigenvalue weighted by atomic mass is 9.87. The van der Waals surface area contributed by atoms with E-state index in [1.807, 2.05) is 36.4 Å². The molecule has 4 aromatic rings. The number of carboxylic acids is 1. The number of halogens is 3. The van der Waals surface area contributed by atoms with Crippen molar-refractivity contribution in [1.29, 1.82) is 0 Å². The number of nitrogens with zero attached hydrogens (tertiary/aromatic N) is 2. The van der Waals surface area contributed by atoms with Crippen LogP contribution in [0.1, 0.15) is 25.7 Å². The minimum Gasteiger partial charge on any atom is -0.481 e. The molecular weight excluding hydrogens is 497 g/mol. The maximum absolute atomic E-state index is 11.1. The number of ether oxygens (including phenoxy) is 1. The first-order chi connectivity index (χ1) is 16.4. The molecule has 34 heavy (non-hydrogen) atoms. The zero-order chi connectivity index (χ0) is 23.8. The highest BCUT2D eigenvalue weighted by atomic mass is 35.5. The highest BCUT2D eigenvalue weighted by Gasteiger charge is 2.27. The lowest BCUT2D eigenvalue weighted by Crippen LogP contribution is -2.28. The van der Waals surface area contributed by atoms with Gasteiger partial charge in [-0.05, 0) is 55.0 Å². The minimum absolute atomic E-state index is 0.0694. The molecular formula is C25H20Cl3N3O3. The molecule has 0 spiro atoms. The number of aliphatic carboxylic acids is 1. The Hall–Kier alpha value is -2.80. The molecule has 2 heterocycles. The van der Waals surface area contributed by atoms with Gasteiger partial charge in [0, 0.05) is 5.56 Å². The fourth-order valence-electron chi connectivity index (χ4n) is 4.24. The summed E-state index contributed by atoms with van der Waals surface area (Å²) in [4.78, 5) is 23.4. The SMILES string of the molecule is O=C(O)C1CCC(Oc2nc3nc(-c4ccc(-c5ccc(Cl)c(Cl)c5)cc4)c(Cl)cc3[nH]2)CC1. The van der Waals surface area contributed by atoms with Crippen molar-refractivity contribution in [3.8, 4) is 28.4 Å². The molecule has 1 aliphatic carbocycles. The number of fused-ring (bicyclic) bond motifs is 1. The van der Waals surface area contributed by atoms with Crippen molar-refractivity contribution in [2.24, 2.45) is 5.92 Å². The molecule has 0 bridgehead atoms. The Balaban J connectivity index is 1.35. The van der Waals surface area contributed by atoms with E-state index >= 15 is 0 Å². The van der Waals surface area contributed by atoms with Gasteiger partial charge < -0.3 is 14.8 Å². The summed E-state index contributed by atoms with van der Waals surface area (Å²) in [6.07, 6.45) is 2.50. The van der Waals surface area contributed by atoms with Crippen molar-refractivity contribution in [1.82, 2.24) is 15.0 Å². The smallest absolute Gasteiger partial charge is 0.306 e. The predicted molar refractivity (Wildman–Crippen MR) is 134 cm³/mol. The molecule has 0 atom stereocenters. The number of rotatable bonds is 5. The van der Waals surface area contributed by atoms with Gasteiger partial charge in [-0.1, -0.05) is 65.1 Å². The second-order valence-corrected chi connectivity index (χ2v) is 9.59. The molecule has 1 fully saturated rings. The first kappa shape index (κ1) is 23.0. The molecule has 2 N–H and O–H groups in total. The van der Waals surface area contributed by atoms with E-state index in [9.17, 15) is 4.79 Å². The Kier molecular flexibility index (Phi) is 6.38. The quantitative estimate of drug-likeness (QED) is 0.291. The molecule has 174 valence electrons. The van der Waals surface area contributed by atoms with Crippen LogP contribution in [0, 0.1) is 5.92 Å². The van der Waals surface area contributed by atoms with E-state index in [-0.39, 0.29) is 12.0 Å². The number of aromatic amines is 1. The summed E-state index contributed by atoms with van der Waals surface area (Å²) in [6.45, 7) is 0. The number of nitrogens with one attached hydrogen (secondary N) is 1. The van der Waals surface area contributed by atoms with Gasteiger partial charge in [-0.15, -0.1) is 0 Å². The second-order valence-electron chi connectivity index (χ2n) is 8.37. The van der Waals surface area contributed by atoms with Crippen molar-refractivity contribution in [2.75, 3.05) is 0 Å². The summed E-state index contributed by atoms with van der Waals surface area (Å²) in [5.74, 6) is -1.03. The summed E-state index contributed by atoms with van der Waals surface area (Å²) < 4.78 is 5.97. The number of H-pyrrole nitrogens is 1. The average Bonchev–Trinajstić information content (AvgIpc) is 3.21. The van der Waals surface area contributed by atoms with Gasteiger partial charge in [-0.3, -0.25) is 4.79 Å². The van der Waals surface area contributed by atoms with Gasteiger partial charge >= 0.3 is 5.97 Å². The van der Waals surface area contributed by atoms with E-state index in [1.54, 1.807) is 12.1 Å². The van der Waals surface area contributed by atoms with Crippen LogP contribution in [0.4, 0.5) is 0 Å². The third-order valence-corrected chi connectivity index (χ3v) is 7.15. The summed E-state index contributed by atoms with van der Waals surface area (Å²) in [5, 5.41) is 10.7. The van der Waals surface area contributed by atoms with E-state index in [4.69, 9.17) is 44.6 Å². The number of carbonyl (C=O) groups is 1. The zero-order valence-corrected chi connectivity index (χ0v) is 20.2. The number of hydrogen-bond donors (Lipinski definition) is 2. The Labute approximate surface area is 210 Å². The number of aromatic nitrogens is 3. The lowest BCUT2D eigenvalue weighted by Gasteiger charge is -2.25. The summed E-state index contributed by atoms with van der Waals surface area (Å²) in [7, 11) is 0. The number of benzene rings is 2. The number of imidazole rings is 1. The maximum atomic E-state index is 11.1. The first-order valence-corrected chi connectivity index (χ1v) is 12.0. The van der Waals surface area contributed by atoms with E-state index < -0.39 is 5.97 Å². The van der Waals surface area contributed by atoms with Crippen LogP contribution in [0.15, 0.2) is 48.5 Å². The molecule has 2 aromatic carbocycles. The fourth-order valence-corrected chi connectivity index (χ4v) is 4.79. The zero-order valence-electron chi connectivity index (χ0n) is 17.9. The van der Waals surface area contributed by atoms with Gasteiger partial charge in [-0.25, -0.2) is 4.98 Å². The van der Waals surface area contributed by atoms with Crippen LogP contribution < -0.4 is 4.74 Å². The molecule has 0 saturated heterocycles. The van der Waals surface area contributed by atoms with Crippen molar-refractivity contribution >= 4 is 51.9 Å². The molecule has 1 saturated carbocycles. The molecule has 6 nitrogen and oxygen atoms in total. The topological polar surface area (TPSA) is 88.1 Å². The molecule has 5 rings (SSSR count). The van der Waals surface area contributed by atoms with Crippen LogP contribution in [0.25, 0.3) is 33.5 Å². The predicted octanol–water partition coefficient (Wildman–Crippen LogP) is 7.27. The number of hydrogen-bond acceptors (Lipinski definition) is 4. The molecule has 2 aromatic heterocycles. The van der Waals surface area contributed by atoms with E-state index in [0.717, 1.165) is 16.7 Å². The van der Waals surface area contributed by atoms with Crippen LogP contribution >= 0.6 is 34.8 Å². The van der Waals surface area contributed by atoms with Gasteiger partial charge in [0.1, 0.15) is 6.10 Å². The van der Waals surface area contributed by atoms with Gasteiger partial charge in [-0.2, -0.15) is 4.98 Å². The van der Waals surface area contributed by atoms with Crippen LogP contribution in [-0.2, 0) is 4.79 Å². The minimum atomic E-state index is -0.737. The van der Waals surface area contributed by atoms with Crippen LogP contribution in [0.2, 0.25) is 15.1 Å². The Bertz CT molecular complexity index is 1360. The number of pyridine rings is 1. The van der Waals surface area contributed by atoms with Gasteiger partial charge in [0.15, 0.2) is 5.65 Å². The molecule has 0 amide bonds. The van der Waals surface area contributed by atoms with Gasteiger partial charge in [0.2, 0.25) is 0 Å². The normalized spacial score (nSPS) is 18.2. The summed E-state index contributed by atoms with van der Waals surface area (Å²) in [5.41, 5.74) is 4.61. The number of carboxylic acid groups (broad SMARTS) is 1. The third-order valence-electron chi connectivity index (χ3n) is 6.12. The molecule has 0 radical (unpaired) electrons. The third kappa shape index (κ3) is 4.71. The lowest BCUT2D eigenvalue weighted by molar-refractivity contribution is -0.143. The summed E-state index contributed by atoms with van der Waals surface area (Å²) >= 11 is 18.7. The largest absolute Gasteiger partial charge is 0.481 e. The highest BCUT2D eigenvalue weighted by molar-refractivity contribution is 6.42. The standard InChI is InChI=1S/C25H20Cl3N3O3/c26-18-10-7-16(11-19(18)27)13-1-3-14(4-2-13)22-20(28)12-21-23(30-22)31-25(29-21)34-17-8-5-15(6-9-17)24(32)33/h1-4,7,10-12,15,17H,5-6,8-9H2,(H,32,33)(H,29,30,31). The van der Waals surface area contributed by atoms with Gasteiger partial charge in [0.25, 0.3) is 6.01 Å². The van der Waals surface area contributed by atoms with Crippen molar-refractivity contribution in [3.63, 3.8) is 0 Å². The first-order valence-electron chi connectivity index (χ1n) is 10.9. The summed E-state index contributed by atoms with van der Waals surface area (Å²) in [6, 6.07) is 15.5. The Morgan fingerprint density at radius 1 is 0.853 bits per heavy atom. The monoisotopic (exact) mass is 515 g/mol. The van der Waals surface area contributed by atoms with Crippen LogP contribution in [0.3, 0.4) is 0 Å². The Morgan fingerprint density at radius 2 is 1.53 bits per heavy atom. The molecule has 1 aliphatic rings. The Morgan fingerprint density at radius 3 is 2.21 bits per heavy atom. The fraction of sp³-hybridized carbons (Fsp3) is 0.240. The van der Waals surface area contributed by atoms with Crippen LogP contribution in [-0.4, -0.2) is 32.1 Å². The van der Waals surface area contributed by atoms with E-state index in [1.165, 1.54) is 0 Å². The van der Waals surface area contributed by atoms with E-state index in [2.05, 4.69) is 15.0 Å².